The lowest BCUT2D eigenvalue weighted by Crippen LogP contribution is -2.48. The molecule has 0 bridgehead atoms. The standard InChI is InChI=1S/C17H22N2O5/c1-2-24-17(22)14(11-7-9-23-10-8-11)19-16(21)13-5-3-12(4-6-13)15(18)20/h3-6,11,14H,2,7-10H2,1H3,(H2,18,20)(H,19,21)/t14-/m0/s1. The van der Waals surface area contributed by atoms with Crippen molar-refractivity contribution in [1.82, 2.24) is 5.32 Å². The molecule has 0 spiro atoms. The Morgan fingerprint density at radius 2 is 1.79 bits per heavy atom. The van der Waals surface area contributed by atoms with Crippen LogP contribution in [0.4, 0.5) is 0 Å². The minimum atomic E-state index is -0.711. The first-order chi connectivity index (χ1) is 11.5. The average Bonchev–Trinajstić information content (AvgIpc) is 2.60. The predicted octanol–water partition coefficient (Wildman–Crippen LogP) is 0.874. The summed E-state index contributed by atoms with van der Waals surface area (Å²) in [5.41, 5.74) is 5.84. The maximum Gasteiger partial charge on any atom is 0.328 e. The number of ether oxygens (including phenoxy) is 2. The van der Waals surface area contributed by atoms with Gasteiger partial charge in [-0.3, -0.25) is 9.59 Å². The van der Waals surface area contributed by atoms with E-state index < -0.39 is 23.8 Å². The molecular weight excluding hydrogens is 312 g/mol. The number of benzene rings is 1. The van der Waals surface area contributed by atoms with Gasteiger partial charge >= 0.3 is 5.97 Å². The van der Waals surface area contributed by atoms with Crippen LogP contribution in [0.15, 0.2) is 24.3 Å². The Morgan fingerprint density at radius 3 is 2.33 bits per heavy atom. The molecule has 0 aliphatic carbocycles. The van der Waals surface area contributed by atoms with Crippen molar-refractivity contribution in [3.05, 3.63) is 35.4 Å². The van der Waals surface area contributed by atoms with Crippen molar-refractivity contribution in [3.63, 3.8) is 0 Å². The van der Waals surface area contributed by atoms with Gasteiger partial charge in [0.15, 0.2) is 0 Å². The zero-order valence-electron chi connectivity index (χ0n) is 13.6. The highest BCUT2D eigenvalue weighted by Crippen LogP contribution is 2.20. The lowest BCUT2D eigenvalue weighted by molar-refractivity contribution is -0.147. The van der Waals surface area contributed by atoms with E-state index in [1.807, 2.05) is 0 Å². The first-order valence-electron chi connectivity index (χ1n) is 7.98. The zero-order chi connectivity index (χ0) is 17.5. The van der Waals surface area contributed by atoms with E-state index in [2.05, 4.69) is 5.32 Å². The molecule has 24 heavy (non-hydrogen) atoms. The Kier molecular flexibility index (Phi) is 6.31. The van der Waals surface area contributed by atoms with E-state index in [0.717, 1.165) is 0 Å². The van der Waals surface area contributed by atoms with Crippen molar-refractivity contribution in [2.45, 2.75) is 25.8 Å². The molecule has 1 atom stereocenters. The molecule has 130 valence electrons. The number of primary amides is 1. The number of rotatable bonds is 6. The van der Waals surface area contributed by atoms with E-state index in [4.69, 9.17) is 15.2 Å². The second kappa shape index (κ2) is 8.44. The summed E-state index contributed by atoms with van der Waals surface area (Å²) in [4.78, 5) is 35.7. The van der Waals surface area contributed by atoms with E-state index in [-0.39, 0.29) is 12.5 Å². The second-order valence-corrected chi connectivity index (χ2v) is 5.59. The van der Waals surface area contributed by atoms with E-state index in [0.29, 0.717) is 37.2 Å². The third kappa shape index (κ3) is 4.55. The summed E-state index contributed by atoms with van der Waals surface area (Å²) in [5.74, 6) is -1.41. The van der Waals surface area contributed by atoms with Crippen LogP contribution in [0.1, 0.15) is 40.5 Å². The molecule has 0 aromatic heterocycles. The molecule has 1 saturated heterocycles. The molecule has 0 saturated carbocycles. The van der Waals surface area contributed by atoms with E-state index in [1.54, 1.807) is 6.92 Å². The van der Waals surface area contributed by atoms with Crippen LogP contribution in [0.5, 0.6) is 0 Å². The van der Waals surface area contributed by atoms with Gasteiger partial charge in [0.25, 0.3) is 5.91 Å². The first kappa shape index (κ1) is 17.9. The van der Waals surface area contributed by atoms with Crippen molar-refractivity contribution in [3.8, 4) is 0 Å². The topological polar surface area (TPSA) is 108 Å². The minimum Gasteiger partial charge on any atom is -0.464 e. The number of nitrogens with two attached hydrogens (primary N) is 1. The number of nitrogens with one attached hydrogen (secondary N) is 1. The lowest BCUT2D eigenvalue weighted by Gasteiger charge is -2.29. The highest BCUT2D eigenvalue weighted by Gasteiger charge is 2.32. The highest BCUT2D eigenvalue weighted by molar-refractivity contribution is 5.98. The summed E-state index contributed by atoms with van der Waals surface area (Å²) >= 11 is 0. The smallest absolute Gasteiger partial charge is 0.328 e. The van der Waals surface area contributed by atoms with Crippen LogP contribution >= 0.6 is 0 Å². The summed E-state index contributed by atoms with van der Waals surface area (Å²) < 4.78 is 10.4. The van der Waals surface area contributed by atoms with Crippen LogP contribution in [0.2, 0.25) is 0 Å². The number of esters is 1. The van der Waals surface area contributed by atoms with Gasteiger partial charge in [-0.25, -0.2) is 4.79 Å². The maximum absolute atomic E-state index is 12.4. The molecule has 0 unspecified atom stereocenters. The predicted molar refractivity (Wildman–Crippen MR) is 86.4 cm³/mol. The SMILES string of the molecule is CCOC(=O)[C@@H](NC(=O)c1ccc(C(N)=O)cc1)C1CCOCC1. The summed E-state index contributed by atoms with van der Waals surface area (Å²) in [6.07, 6.45) is 1.37. The Bertz CT molecular complexity index is 594. The van der Waals surface area contributed by atoms with E-state index in [1.165, 1.54) is 24.3 Å². The van der Waals surface area contributed by atoms with Crippen molar-refractivity contribution < 1.29 is 23.9 Å². The van der Waals surface area contributed by atoms with Crippen molar-refractivity contribution in [1.29, 1.82) is 0 Å². The molecule has 2 rings (SSSR count). The fourth-order valence-electron chi connectivity index (χ4n) is 2.66. The molecule has 1 aliphatic rings. The summed E-state index contributed by atoms with van der Waals surface area (Å²) in [5, 5.41) is 2.75. The largest absolute Gasteiger partial charge is 0.464 e. The van der Waals surface area contributed by atoms with Crippen LogP contribution < -0.4 is 11.1 Å². The molecular formula is C17H22N2O5. The third-order valence-electron chi connectivity index (χ3n) is 4.00. The van der Waals surface area contributed by atoms with Gasteiger partial charge < -0.3 is 20.5 Å². The van der Waals surface area contributed by atoms with E-state index >= 15 is 0 Å². The van der Waals surface area contributed by atoms with Crippen LogP contribution in [-0.4, -0.2) is 43.6 Å². The maximum atomic E-state index is 12.4. The van der Waals surface area contributed by atoms with Gasteiger partial charge in [-0.1, -0.05) is 0 Å². The van der Waals surface area contributed by atoms with Crippen LogP contribution in [0.3, 0.4) is 0 Å². The molecule has 2 amide bonds. The number of amides is 2. The second-order valence-electron chi connectivity index (χ2n) is 5.59. The Hall–Kier alpha value is -2.41. The quantitative estimate of drug-likeness (QED) is 0.751. The number of hydrogen-bond donors (Lipinski definition) is 2. The number of carbonyl (C=O) groups is 3. The van der Waals surface area contributed by atoms with Gasteiger partial charge in [0.05, 0.1) is 6.61 Å². The van der Waals surface area contributed by atoms with E-state index in [9.17, 15) is 14.4 Å². The van der Waals surface area contributed by atoms with Gasteiger partial charge in [-0.2, -0.15) is 0 Å². The van der Waals surface area contributed by atoms with Crippen LogP contribution in [0.25, 0.3) is 0 Å². The molecule has 1 aromatic carbocycles. The molecule has 1 fully saturated rings. The minimum absolute atomic E-state index is 0.0216. The number of hydrogen-bond acceptors (Lipinski definition) is 5. The highest BCUT2D eigenvalue weighted by atomic mass is 16.5. The summed E-state index contributed by atoms with van der Waals surface area (Å²) in [7, 11) is 0. The summed E-state index contributed by atoms with van der Waals surface area (Å²) in [6, 6.07) is 5.25. The van der Waals surface area contributed by atoms with Gasteiger partial charge in [0.1, 0.15) is 6.04 Å². The fourth-order valence-corrected chi connectivity index (χ4v) is 2.66. The molecule has 0 radical (unpaired) electrons. The molecule has 7 heteroatoms. The summed E-state index contributed by atoms with van der Waals surface area (Å²) in [6.45, 7) is 3.10. The van der Waals surface area contributed by atoms with Crippen LogP contribution in [-0.2, 0) is 14.3 Å². The van der Waals surface area contributed by atoms with Crippen molar-refractivity contribution in [2.24, 2.45) is 11.7 Å². The molecule has 3 N–H and O–H groups in total. The average molecular weight is 334 g/mol. The Balaban J connectivity index is 2.10. The molecule has 1 aromatic rings. The van der Waals surface area contributed by atoms with Crippen LogP contribution in [0, 0.1) is 5.92 Å². The molecule has 7 nitrogen and oxygen atoms in total. The van der Waals surface area contributed by atoms with Gasteiger partial charge in [0.2, 0.25) is 5.91 Å². The fraction of sp³-hybridized carbons (Fsp3) is 0.471. The molecule has 1 heterocycles. The lowest BCUT2D eigenvalue weighted by atomic mass is 9.91. The Morgan fingerprint density at radius 1 is 1.21 bits per heavy atom. The van der Waals surface area contributed by atoms with Gasteiger partial charge in [0, 0.05) is 24.3 Å². The van der Waals surface area contributed by atoms with Gasteiger partial charge in [-0.15, -0.1) is 0 Å². The number of carbonyl (C=O) groups excluding carboxylic acids is 3. The normalized spacial score (nSPS) is 16.2. The van der Waals surface area contributed by atoms with Gasteiger partial charge in [-0.05, 0) is 49.9 Å². The monoisotopic (exact) mass is 334 g/mol. The van der Waals surface area contributed by atoms with Crippen molar-refractivity contribution >= 4 is 17.8 Å². The Labute approximate surface area is 140 Å². The van der Waals surface area contributed by atoms with Crippen molar-refractivity contribution in [2.75, 3.05) is 19.8 Å². The molecule has 1 aliphatic heterocycles. The first-order valence-corrected chi connectivity index (χ1v) is 7.98. The third-order valence-corrected chi connectivity index (χ3v) is 4.00. The zero-order valence-corrected chi connectivity index (χ0v) is 13.6.